The predicted octanol–water partition coefficient (Wildman–Crippen LogP) is 2.29. The van der Waals surface area contributed by atoms with Crippen LogP contribution in [0.4, 0.5) is 0 Å². The average Bonchev–Trinajstić information content (AvgIpc) is 2.85. The number of imidazole rings is 1. The first-order chi connectivity index (χ1) is 9.22. The quantitative estimate of drug-likeness (QED) is 0.551. The summed E-state index contributed by atoms with van der Waals surface area (Å²) in [7, 11) is 0. The Hall–Kier alpha value is -1.36. The van der Waals surface area contributed by atoms with E-state index in [1.807, 2.05) is 17.7 Å². The van der Waals surface area contributed by atoms with Crippen LogP contribution in [0.15, 0.2) is 12.5 Å². The van der Waals surface area contributed by atoms with E-state index in [1.165, 1.54) is 0 Å². The Morgan fingerprint density at radius 2 is 2.21 bits per heavy atom. The minimum atomic E-state index is -0.252. The molecule has 1 N–H and O–H groups in total. The third-order valence-corrected chi connectivity index (χ3v) is 2.87. The van der Waals surface area contributed by atoms with Gasteiger partial charge in [0.25, 0.3) is 0 Å². The highest BCUT2D eigenvalue weighted by atomic mass is 16.5. The smallest absolute Gasteiger partial charge is 0.329 e. The third kappa shape index (κ3) is 5.03. The number of hydrogen-bond acceptors (Lipinski definition) is 4. The maximum atomic E-state index is 11.9. The van der Waals surface area contributed by atoms with Crippen molar-refractivity contribution in [2.24, 2.45) is 0 Å². The lowest BCUT2D eigenvalue weighted by molar-refractivity contribution is -0.147. The molecule has 5 heteroatoms. The Balaban J connectivity index is 2.66. The van der Waals surface area contributed by atoms with Gasteiger partial charge in [-0.05, 0) is 26.3 Å². The number of carbonyl (C=O) groups excluding carboxylic acids is 1. The molecule has 0 saturated carbocycles. The van der Waals surface area contributed by atoms with E-state index in [2.05, 4.69) is 24.1 Å². The summed E-state index contributed by atoms with van der Waals surface area (Å²) in [5.41, 5.74) is 0.957. The van der Waals surface area contributed by atoms with Gasteiger partial charge in [-0.15, -0.1) is 0 Å². The zero-order valence-corrected chi connectivity index (χ0v) is 12.2. The summed E-state index contributed by atoms with van der Waals surface area (Å²) in [6, 6.07) is -0.252. The molecule has 0 spiro atoms. The molecule has 1 atom stereocenters. The molecule has 0 aliphatic carbocycles. The molecule has 0 saturated heterocycles. The maximum absolute atomic E-state index is 11.9. The molecular formula is C14H25N3O2. The summed E-state index contributed by atoms with van der Waals surface area (Å²) in [5.74, 6) is -0.171. The summed E-state index contributed by atoms with van der Waals surface area (Å²) in [4.78, 5) is 16.2. The Morgan fingerprint density at radius 1 is 1.42 bits per heavy atom. The Morgan fingerprint density at radius 3 is 2.84 bits per heavy atom. The third-order valence-electron chi connectivity index (χ3n) is 2.87. The predicted molar refractivity (Wildman–Crippen MR) is 74.8 cm³/mol. The molecule has 1 heterocycles. The molecular weight excluding hydrogens is 242 g/mol. The first-order valence-corrected chi connectivity index (χ1v) is 7.12. The molecule has 1 unspecified atom stereocenters. The van der Waals surface area contributed by atoms with E-state index in [9.17, 15) is 4.79 Å². The number of ether oxygens (including phenoxy) is 1. The largest absolute Gasteiger partial charge is 0.464 e. The van der Waals surface area contributed by atoms with Crippen LogP contribution in [-0.4, -0.2) is 28.7 Å². The second-order valence-corrected chi connectivity index (χ2v) is 4.55. The van der Waals surface area contributed by atoms with Crippen molar-refractivity contribution < 1.29 is 9.53 Å². The van der Waals surface area contributed by atoms with Crippen molar-refractivity contribution in [2.45, 2.75) is 52.6 Å². The highest BCUT2D eigenvalue weighted by molar-refractivity contribution is 5.74. The molecule has 0 aromatic carbocycles. The second kappa shape index (κ2) is 8.69. The zero-order chi connectivity index (χ0) is 14.1. The van der Waals surface area contributed by atoms with Crippen molar-refractivity contribution in [2.75, 3.05) is 13.2 Å². The second-order valence-electron chi connectivity index (χ2n) is 4.55. The summed E-state index contributed by atoms with van der Waals surface area (Å²) in [6.45, 7) is 8.15. The van der Waals surface area contributed by atoms with E-state index in [1.54, 1.807) is 6.33 Å². The fraction of sp³-hybridized carbons (Fsp3) is 0.714. The number of carbonyl (C=O) groups is 1. The number of nitrogens with one attached hydrogen (secondary N) is 1. The van der Waals surface area contributed by atoms with E-state index in [0.717, 1.165) is 38.0 Å². The molecule has 1 aromatic heterocycles. The van der Waals surface area contributed by atoms with Gasteiger partial charge >= 0.3 is 5.97 Å². The Labute approximate surface area is 115 Å². The van der Waals surface area contributed by atoms with Gasteiger partial charge in [0.1, 0.15) is 6.04 Å². The van der Waals surface area contributed by atoms with Crippen LogP contribution in [0, 0.1) is 0 Å². The number of aromatic nitrogens is 2. The van der Waals surface area contributed by atoms with Gasteiger partial charge in [-0.2, -0.15) is 0 Å². The number of esters is 1. The first-order valence-electron chi connectivity index (χ1n) is 7.12. The summed E-state index contributed by atoms with van der Waals surface area (Å²) < 4.78 is 6.98. The molecule has 0 radical (unpaired) electrons. The fourth-order valence-corrected chi connectivity index (χ4v) is 1.94. The lowest BCUT2D eigenvalue weighted by atomic mass is 10.1. The molecule has 5 nitrogen and oxygen atoms in total. The standard InChI is InChI=1S/C14H25N3O2/c1-4-7-13(14(18)19-6-3)17-10-12(16-11-17)9-15-8-5-2/h10-11,13,15H,4-9H2,1-3H3. The van der Waals surface area contributed by atoms with Crippen LogP contribution in [0.5, 0.6) is 0 Å². The molecule has 0 aliphatic heterocycles. The van der Waals surface area contributed by atoms with Crippen molar-refractivity contribution in [3.05, 3.63) is 18.2 Å². The normalized spacial score (nSPS) is 12.4. The van der Waals surface area contributed by atoms with Crippen molar-refractivity contribution in [1.82, 2.24) is 14.9 Å². The molecule has 0 aliphatic rings. The van der Waals surface area contributed by atoms with Gasteiger partial charge in [0.15, 0.2) is 0 Å². The van der Waals surface area contributed by atoms with E-state index in [-0.39, 0.29) is 12.0 Å². The topological polar surface area (TPSA) is 56.2 Å². The van der Waals surface area contributed by atoms with Crippen molar-refractivity contribution in [3.8, 4) is 0 Å². The minimum absolute atomic E-state index is 0.171. The zero-order valence-electron chi connectivity index (χ0n) is 12.2. The van der Waals surface area contributed by atoms with E-state index < -0.39 is 0 Å². The van der Waals surface area contributed by atoms with Crippen LogP contribution in [0.1, 0.15) is 51.8 Å². The van der Waals surface area contributed by atoms with Gasteiger partial charge in [-0.25, -0.2) is 9.78 Å². The highest BCUT2D eigenvalue weighted by Gasteiger charge is 2.20. The Bertz CT molecular complexity index is 377. The molecule has 0 bridgehead atoms. The van der Waals surface area contributed by atoms with Crippen LogP contribution in [0.25, 0.3) is 0 Å². The molecule has 19 heavy (non-hydrogen) atoms. The van der Waals surface area contributed by atoms with E-state index >= 15 is 0 Å². The SMILES string of the molecule is CCCNCc1cn(C(CCC)C(=O)OCC)cn1. The molecule has 0 amide bonds. The number of nitrogens with zero attached hydrogens (tertiary/aromatic N) is 2. The van der Waals surface area contributed by atoms with E-state index in [4.69, 9.17) is 4.74 Å². The summed E-state index contributed by atoms with van der Waals surface area (Å²) in [5, 5.41) is 3.30. The minimum Gasteiger partial charge on any atom is -0.464 e. The van der Waals surface area contributed by atoms with Crippen LogP contribution >= 0.6 is 0 Å². The average molecular weight is 267 g/mol. The van der Waals surface area contributed by atoms with Crippen molar-refractivity contribution in [1.29, 1.82) is 0 Å². The van der Waals surface area contributed by atoms with Gasteiger partial charge in [0.05, 0.1) is 18.6 Å². The Kier molecular flexibility index (Phi) is 7.18. The van der Waals surface area contributed by atoms with Crippen LogP contribution in [0.2, 0.25) is 0 Å². The fourth-order valence-electron chi connectivity index (χ4n) is 1.94. The van der Waals surface area contributed by atoms with Crippen LogP contribution in [-0.2, 0) is 16.1 Å². The van der Waals surface area contributed by atoms with Gasteiger partial charge in [-0.1, -0.05) is 20.3 Å². The number of rotatable bonds is 9. The lowest BCUT2D eigenvalue weighted by Gasteiger charge is -2.15. The molecule has 108 valence electrons. The molecule has 0 fully saturated rings. The first kappa shape index (κ1) is 15.7. The van der Waals surface area contributed by atoms with Crippen molar-refractivity contribution in [3.63, 3.8) is 0 Å². The number of hydrogen-bond donors (Lipinski definition) is 1. The monoisotopic (exact) mass is 267 g/mol. The van der Waals surface area contributed by atoms with Gasteiger partial charge in [0, 0.05) is 12.7 Å². The maximum Gasteiger partial charge on any atom is 0.329 e. The van der Waals surface area contributed by atoms with E-state index in [0.29, 0.717) is 6.61 Å². The summed E-state index contributed by atoms with van der Waals surface area (Å²) in [6.07, 6.45) is 6.46. The van der Waals surface area contributed by atoms with Gasteiger partial charge in [-0.3, -0.25) is 0 Å². The van der Waals surface area contributed by atoms with Crippen molar-refractivity contribution >= 4 is 5.97 Å². The van der Waals surface area contributed by atoms with Crippen LogP contribution in [0.3, 0.4) is 0 Å². The van der Waals surface area contributed by atoms with Crippen LogP contribution < -0.4 is 5.32 Å². The lowest BCUT2D eigenvalue weighted by Crippen LogP contribution is -2.21. The highest BCUT2D eigenvalue weighted by Crippen LogP contribution is 2.16. The van der Waals surface area contributed by atoms with Gasteiger partial charge < -0.3 is 14.6 Å². The molecule has 1 aromatic rings. The molecule has 1 rings (SSSR count). The van der Waals surface area contributed by atoms with Gasteiger partial charge in [0.2, 0.25) is 0 Å². The summed E-state index contributed by atoms with van der Waals surface area (Å²) >= 11 is 0.